The number of hydrogen-bond acceptors (Lipinski definition) is 4. The number of carbonyl (C=O) groups excluding carboxylic acids is 1. The van der Waals surface area contributed by atoms with E-state index in [1.165, 1.54) is 31.0 Å². The van der Waals surface area contributed by atoms with Gasteiger partial charge in [-0.05, 0) is 50.8 Å². The van der Waals surface area contributed by atoms with Crippen LogP contribution >= 0.6 is 27.7 Å². The highest BCUT2D eigenvalue weighted by atomic mass is 79.9. The van der Waals surface area contributed by atoms with E-state index in [0.29, 0.717) is 28.5 Å². The lowest BCUT2D eigenvalue weighted by molar-refractivity contribution is -0.121. The third-order valence-electron chi connectivity index (χ3n) is 5.29. The number of aromatic nitrogens is 2. The highest BCUT2D eigenvalue weighted by Crippen LogP contribution is 2.26. The number of benzene rings is 1. The Morgan fingerprint density at radius 2 is 2.15 bits per heavy atom. The van der Waals surface area contributed by atoms with Crippen molar-refractivity contribution in [3.63, 3.8) is 0 Å². The number of halogens is 1. The maximum Gasteiger partial charge on any atom is 0.262 e. The van der Waals surface area contributed by atoms with E-state index in [1.807, 2.05) is 26.0 Å². The van der Waals surface area contributed by atoms with Crippen LogP contribution in [0.3, 0.4) is 0 Å². The van der Waals surface area contributed by atoms with E-state index >= 15 is 0 Å². The van der Waals surface area contributed by atoms with Crippen LogP contribution in [-0.4, -0.2) is 26.8 Å². The van der Waals surface area contributed by atoms with Gasteiger partial charge in [-0.25, -0.2) is 4.98 Å². The molecule has 1 heterocycles. The van der Waals surface area contributed by atoms with Crippen LogP contribution in [0.2, 0.25) is 0 Å². The molecule has 0 radical (unpaired) electrons. The van der Waals surface area contributed by atoms with Crippen molar-refractivity contribution >= 4 is 44.5 Å². The molecule has 1 aromatic heterocycles. The molecular formula is C20H26BrN3O2S. The lowest BCUT2D eigenvalue weighted by Crippen LogP contribution is -2.44. The van der Waals surface area contributed by atoms with E-state index in [2.05, 4.69) is 33.2 Å². The van der Waals surface area contributed by atoms with Gasteiger partial charge in [-0.1, -0.05) is 47.5 Å². The number of fused-ring (bicyclic) bond motifs is 1. The van der Waals surface area contributed by atoms with Crippen LogP contribution in [0.25, 0.3) is 10.9 Å². The number of nitrogens with one attached hydrogen (secondary N) is 1. The van der Waals surface area contributed by atoms with Gasteiger partial charge in [-0.15, -0.1) is 0 Å². The molecule has 2 aromatic rings. The van der Waals surface area contributed by atoms with Gasteiger partial charge in [-0.2, -0.15) is 0 Å². The first-order valence-electron chi connectivity index (χ1n) is 9.57. The van der Waals surface area contributed by atoms with Gasteiger partial charge < -0.3 is 5.32 Å². The van der Waals surface area contributed by atoms with E-state index in [-0.39, 0.29) is 22.8 Å². The first-order chi connectivity index (χ1) is 12.9. The lowest BCUT2D eigenvalue weighted by Gasteiger charge is -2.30. The molecular weight excluding hydrogens is 426 g/mol. The average molecular weight is 452 g/mol. The highest BCUT2D eigenvalue weighted by molar-refractivity contribution is 9.10. The zero-order valence-corrected chi connectivity index (χ0v) is 18.4. The highest BCUT2D eigenvalue weighted by Gasteiger charge is 2.26. The van der Waals surface area contributed by atoms with Gasteiger partial charge in [0.2, 0.25) is 5.91 Å². The molecule has 3 atom stereocenters. The summed E-state index contributed by atoms with van der Waals surface area (Å²) in [5, 5.41) is 4.08. The second kappa shape index (κ2) is 8.78. The van der Waals surface area contributed by atoms with Crippen LogP contribution in [0, 0.1) is 5.92 Å². The normalized spacial score (nSPS) is 21.2. The largest absolute Gasteiger partial charge is 0.352 e. The fourth-order valence-corrected chi connectivity index (χ4v) is 4.93. The third kappa shape index (κ3) is 4.57. The number of hydrogen-bond donors (Lipinski definition) is 1. The van der Waals surface area contributed by atoms with Crippen LogP contribution in [0.5, 0.6) is 0 Å². The Morgan fingerprint density at radius 1 is 1.41 bits per heavy atom. The van der Waals surface area contributed by atoms with Crippen molar-refractivity contribution in [2.45, 2.75) is 69.4 Å². The van der Waals surface area contributed by atoms with Gasteiger partial charge in [0, 0.05) is 17.1 Å². The molecule has 1 aromatic carbocycles. The Labute approximate surface area is 172 Å². The molecule has 146 valence electrons. The van der Waals surface area contributed by atoms with Crippen LogP contribution in [0.1, 0.15) is 46.5 Å². The Morgan fingerprint density at radius 3 is 2.85 bits per heavy atom. The molecule has 1 aliphatic rings. The summed E-state index contributed by atoms with van der Waals surface area (Å²) >= 11 is 4.76. The van der Waals surface area contributed by atoms with E-state index in [4.69, 9.17) is 0 Å². The maximum absolute atomic E-state index is 12.8. The van der Waals surface area contributed by atoms with Crippen LogP contribution in [-0.2, 0) is 11.3 Å². The minimum atomic E-state index is -0.309. The molecule has 1 fully saturated rings. The summed E-state index contributed by atoms with van der Waals surface area (Å²) in [5.41, 5.74) is 0.587. The summed E-state index contributed by atoms with van der Waals surface area (Å²) < 4.78 is 2.50. The Kier molecular flexibility index (Phi) is 6.63. The van der Waals surface area contributed by atoms with Crippen LogP contribution < -0.4 is 10.9 Å². The number of thioether (sulfide) groups is 1. The second-order valence-corrected chi connectivity index (χ2v) is 9.47. The maximum atomic E-state index is 12.8. The summed E-state index contributed by atoms with van der Waals surface area (Å²) in [6.07, 6.45) is 4.64. The van der Waals surface area contributed by atoms with Gasteiger partial charge in [0.05, 0.1) is 16.2 Å². The molecule has 3 rings (SSSR count). The van der Waals surface area contributed by atoms with Gasteiger partial charge in [0.15, 0.2) is 5.16 Å². The SMILES string of the molecule is CCn1c(SC(C)C(=O)NC2CCCCC2C)nc2ccc(Br)cc2c1=O. The fourth-order valence-electron chi connectivity index (χ4n) is 3.58. The van der Waals surface area contributed by atoms with Gasteiger partial charge in [-0.3, -0.25) is 14.2 Å². The van der Waals surface area contributed by atoms with Crippen molar-refractivity contribution in [3.05, 3.63) is 33.0 Å². The molecule has 0 spiro atoms. The summed E-state index contributed by atoms with van der Waals surface area (Å²) in [4.78, 5) is 30.2. The molecule has 1 aliphatic carbocycles. The number of rotatable bonds is 5. The number of carbonyl (C=O) groups is 1. The van der Waals surface area contributed by atoms with E-state index in [1.54, 1.807) is 10.6 Å². The van der Waals surface area contributed by atoms with Gasteiger partial charge in [0.1, 0.15) is 0 Å². The summed E-state index contributed by atoms with van der Waals surface area (Å²) in [6, 6.07) is 5.76. The Bertz CT molecular complexity index is 899. The molecule has 7 heteroatoms. The van der Waals surface area contributed by atoms with Crippen LogP contribution in [0.15, 0.2) is 32.6 Å². The first-order valence-corrected chi connectivity index (χ1v) is 11.2. The fraction of sp³-hybridized carbons (Fsp3) is 0.550. The Balaban J connectivity index is 1.81. The van der Waals surface area contributed by atoms with Crippen molar-refractivity contribution in [1.29, 1.82) is 0 Å². The lowest BCUT2D eigenvalue weighted by atomic mass is 9.86. The minimum absolute atomic E-state index is 0.0200. The topological polar surface area (TPSA) is 64.0 Å². The van der Waals surface area contributed by atoms with E-state index in [0.717, 1.165) is 10.9 Å². The number of nitrogens with zero attached hydrogens (tertiary/aromatic N) is 2. The monoisotopic (exact) mass is 451 g/mol. The summed E-state index contributed by atoms with van der Waals surface area (Å²) in [7, 11) is 0. The Hall–Kier alpha value is -1.34. The summed E-state index contributed by atoms with van der Waals surface area (Å²) in [6.45, 7) is 6.53. The molecule has 0 bridgehead atoms. The zero-order chi connectivity index (χ0) is 19.6. The quantitative estimate of drug-likeness (QED) is 0.541. The first kappa shape index (κ1) is 20.4. The summed E-state index contributed by atoms with van der Waals surface area (Å²) in [5.74, 6) is 0.539. The number of amides is 1. The van der Waals surface area contributed by atoms with Crippen LogP contribution in [0.4, 0.5) is 0 Å². The molecule has 1 N–H and O–H groups in total. The molecule has 0 saturated heterocycles. The van der Waals surface area contributed by atoms with E-state index in [9.17, 15) is 9.59 Å². The van der Waals surface area contributed by atoms with Gasteiger partial charge in [0.25, 0.3) is 5.56 Å². The standard InChI is InChI=1S/C20H26BrN3O2S/c1-4-24-19(26)15-11-14(21)9-10-17(15)23-20(24)27-13(3)18(25)22-16-8-6-5-7-12(16)2/h9-13,16H,4-8H2,1-3H3,(H,22,25). The third-order valence-corrected chi connectivity index (χ3v) is 6.87. The predicted octanol–water partition coefficient (Wildman–Crippen LogP) is 4.35. The molecule has 3 unspecified atom stereocenters. The molecule has 1 saturated carbocycles. The molecule has 27 heavy (non-hydrogen) atoms. The predicted molar refractivity (Wildman–Crippen MR) is 114 cm³/mol. The molecule has 1 amide bonds. The van der Waals surface area contributed by atoms with Crippen molar-refractivity contribution in [1.82, 2.24) is 14.9 Å². The van der Waals surface area contributed by atoms with Gasteiger partial charge >= 0.3 is 0 Å². The van der Waals surface area contributed by atoms with E-state index < -0.39 is 0 Å². The molecule has 5 nitrogen and oxygen atoms in total. The average Bonchev–Trinajstić information content (AvgIpc) is 2.64. The zero-order valence-electron chi connectivity index (χ0n) is 16.0. The van der Waals surface area contributed by atoms with Crippen molar-refractivity contribution in [2.75, 3.05) is 0 Å². The minimum Gasteiger partial charge on any atom is -0.352 e. The molecule has 0 aliphatic heterocycles. The van der Waals surface area contributed by atoms with Crippen molar-refractivity contribution < 1.29 is 4.79 Å². The second-order valence-electron chi connectivity index (χ2n) is 7.24. The van der Waals surface area contributed by atoms with Crippen molar-refractivity contribution in [3.8, 4) is 0 Å². The smallest absolute Gasteiger partial charge is 0.262 e. The van der Waals surface area contributed by atoms with Crippen molar-refractivity contribution in [2.24, 2.45) is 5.92 Å².